The van der Waals surface area contributed by atoms with Crippen molar-refractivity contribution in [3.8, 4) is 11.8 Å². The summed E-state index contributed by atoms with van der Waals surface area (Å²) in [6.45, 7) is 6.28. The van der Waals surface area contributed by atoms with E-state index < -0.39 is 15.8 Å². The van der Waals surface area contributed by atoms with Crippen LogP contribution >= 0.6 is 23.2 Å². The molecule has 41 heavy (non-hydrogen) atoms. The molecule has 3 heterocycles. The zero-order valence-corrected chi connectivity index (χ0v) is 25.6. The molecule has 10 nitrogen and oxygen atoms in total. The van der Waals surface area contributed by atoms with Gasteiger partial charge in [0, 0.05) is 82.8 Å². The number of nitrogens with zero attached hydrogens (tertiary/aromatic N) is 5. The molecule has 0 amide bonds. The number of benzene rings is 1. The number of halogens is 2. The van der Waals surface area contributed by atoms with Gasteiger partial charge in [-0.3, -0.25) is 14.6 Å². The van der Waals surface area contributed by atoms with E-state index in [1.54, 1.807) is 43.0 Å². The first-order chi connectivity index (χ1) is 19.3. The van der Waals surface area contributed by atoms with Crippen LogP contribution in [0.15, 0.2) is 47.2 Å². The maximum Gasteiger partial charge on any atom is 0.146 e. The average molecular weight is 616 g/mol. The van der Waals surface area contributed by atoms with Gasteiger partial charge in [0.1, 0.15) is 23.7 Å². The Kier molecular flexibility index (Phi) is 9.09. The molecule has 2 aromatic heterocycles. The van der Waals surface area contributed by atoms with Gasteiger partial charge in [-0.25, -0.2) is 9.35 Å². The molecule has 4 N–H and O–H groups in total. The fraction of sp³-hybridized carbons (Fsp3) is 0.357. The lowest BCUT2D eigenvalue weighted by atomic mass is 9.91. The van der Waals surface area contributed by atoms with E-state index >= 15 is 0 Å². The van der Waals surface area contributed by atoms with Crippen molar-refractivity contribution in [1.29, 1.82) is 10.7 Å². The summed E-state index contributed by atoms with van der Waals surface area (Å²) in [7, 11) is -2.12. The summed E-state index contributed by atoms with van der Waals surface area (Å²) in [5.41, 5.74) is 8.41. The van der Waals surface area contributed by atoms with Gasteiger partial charge in [-0.15, -0.1) is 0 Å². The van der Waals surface area contributed by atoms with Crippen LogP contribution in [0.5, 0.6) is 5.75 Å². The van der Waals surface area contributed by atoms with Gasteiger partial charge in [0.25, 0.3) is 0 Å². The molecule has 0 radical (unpaired) electrons. The van der Waals surface area contributed by atoms with Gasteiger partial charge in [-0.1, -0.05) is 23.2 Å². The maximum absolute atomic E-state index is 11.7. The third-order valence-electron chi connectivity index (χ3n) is 6.62. The van der Waals surface area contributed by atoms with Crippen LogP contribution in [0.2, 0.25) is 10.0 Å². The minimum absolute atomic E-state index is 0.110. The molecule has 1 aliphatic rings. The van der Waals surface area contributed by atoms with Gasteiger partial charge in [0.05, 0.1) is 33.4 Å². The van der Waals surface area contributed by atoms with Gasteiger partial charge in [-0.2, -0.15) is 5.26 Å². The number of anilines is 2. The van der Waals surface area contributed by atoms with Crippen LogP contribution < -0.4 is 20.7 Å². The van der Waals surface area contributed by atoms with Crippen LogP contribution in [0, 0.1) is 16.7 Å². The molecular formula is C28H32Cl2N8O2S. The normalized spacial score (nSPS) is 15.0. The van der Waals surface area contributed by atoms with E-state index in [1.165, 1.54) is 12.4 Å². The van der Waals surface area contributed by atoms with Crippen molar-refractivity contribution in [2.45, 2.75) is 25.5 Å². The third-order valence-corrected chi connectivity index (χ3v) is 8.03. The first-order valence-electron chi connectivity index (χ1n) is 12.8. The molecule has 1 fully saturated rings. The number of nitrogen functional groups attached to an aromatic ring is 1. The van der Waals surface area contributed by atoms with Crippen LogP contribution in [0.25, 0.3) is 0 Å². The zero-order chi connectivity index (χ0) is 29.9. The summed E-state index contributed by atoms with van der Waals surface area (Å²) in [6.07, 6.45) is 7.33. The van der Waals surface area contributed by atoms with Gasteiger partial charge in [-0.05, 0) is 38.1 Å². The lowest BCUT2D eigenvalue weighted by Gasteiger charge is -2.49. The number of hydrogen-bond acceptors (Lipinski definition) is 10. The Bertz CT molecular complexity index is 1610. The van der Waals surface area contributed by atoms with Crippen LogP contribution in [0.3, 0.4) is 0 Å². The molecule has 0 bridgehead atoms. The van der Waals surface area contributed by atoms with Gasteiger partial charge < -0.3 is 20.7 Å². The van der Waals surface area contributed by atoms with Crippen molar-refractivity contribution in [2.24, 2.45) is 4.36 Å². The van der Waals surface area contributed by atoms with Crippen molar-refractivity contribution in [1.82, 2.24) is 15.3 Å². The standard InChI is InChI=1S/C28H32Cl2N8O2S/c1-17(25-22(29)13-34-14-23(25)30)40-20-5-6-24(32)21(10-20)26(33)19-9-18(11-31)27(35-12-19)38-15-28(2,16-38)36-7-8-37-41(3,4)39/h5-6,9-10,12-14,17,33,36H,7-8,15-16,32H2,1-4H3/t17-/m1/s1. The fourth-order valence-corrected chi connectivity index (χ4v) is 5.87. The Morgan fingerprint density at radius 2 is 1.98 bits per heavy atom. The summed E-state index contributed by atoms with van der Waals surface area (Å²) in [6, 6.07) is 8.91. The lowest BCUT2D eigenvalue weighted by Crippen LogP contribution is -2.68. The molecule has 0 saturated carbocycles. The SMILES string of the molecule is C[C@@H](Oc1ccc(N)c(C(=N)c2cnc(N3CC(C)(NCCN=S(C)(C)=O)C3)c(C#N)c2)c1)c1c(Cl)cncc1Cl. The van der Waals surface area contributed by atoms with E-state index in [1.807, 2.05) is 11.8 Å². The van der Waals surface area contributed by atoms with Crippen molar-refractivity contribution >= 4 is 50.1 Å². The average Bonchev–Trinajstić information content (AvgIpc) is 2.89. The molecule has 4 rings (SSSR count). The number of nitrogens with one attached hydrogen (secondary N) is 2. The maximum atomic E-state index is 11.7. The van der Waals surface area contributed by atoms with E-state index in [2.05, 4.69) is 32.6 Å². The molecule has 0 unspecified atom stereocenters. The largest absolute Gasteiger partial charge is 0.486 e. The Hall–Kier alpha value is -3.43. The Balaban J connectivity index is 1.47. The second-order valence-electron chi connectivity index (χ2n) is 10.5. The Labute approximate surface area is 250 Å². The fourth-order valence-electron chi connectivity index (χ4n) is 4.66. The summed E-state index contributed by atoms with van der Waals surface area (Å²) in [4.78, 5) is 10.5. The molecule has 1 saturated heterocycles. The highest BCUT2D eigenvalue weighted by Gasteiger charge is 2.39. The summed E-state index contributed by atoms with van der Waals surface area (Å²) in [5.74, 6) is 1.03. The lowest BCUT2D eigenvalue weighted by molar-refractivity contribution is 0.227. The topological polar surface area (TPSA) is 153 Å². The quantitative estimate of drug-likeness (QED) is 0.169. The van der Waals surface area contributed by atoms with Crippen LogP contribution in [-0.4, -0.2) is 64.1 Å². The summed E-state index contributed by atoms with van der Waals surface area (Å²) >= 11 is 12.6. The highest BCUT2D eigenvalue weighted by molar-refractivity contribution is 7.92. The van der Waals surface area contributed by atoms with Crippen molar-refractivity contribution < 1.29 is 8.95 Å². The predicted molar refractivity (Wildman–Crippen MR) is 165 cm³/mol. The Morgan fingerprint density at radius 1 is 1.29 bits per heavy atom. The highest BCUT2D eigenvalue weighted by Crippen LogP contribution is 2.34. The highest BCUT2D eigenvalue weighted by atomic mass is 35.5. The molecule has 13 heteroatoms. The van der Waals surface area contributed by atoms with Gasteiger partial charge in [0.15, 0.2) is 0 Å². The summed E-state index contributed by atoms with van der Waals surface area (Å²) < 4.78 is 22.0. The molecule has 1 aliphatic heterocycles. The van der Waals surface area contributed by atoms with Crippen LogP contribution in [0.1, 0.15) is 42.2 Å². The molecule has 216 valence electrons. The number of hydrogen-bond donors (Lipinski definition) is 3. The van der Waals surface area contributed by atoms with E-state index in [9.17, 15) is 9.47 Å². The van der Waals surface area contributed by atoms with E-state index in [4.69, 9.17) is 39.1 Å². The monoisotopic (exact) mass is 614 g/mol. The number of rotatable bonds is 10. The van der Waals surface area contributed by atoms with Crippen LogP contribution in [-0.2, 0) is 9.73 Å². The van der Waals surface area contributed by atoms with Crippen molar-refractivity contribution in [3.63, 3.8) is 0 Å². The summed E-state index contributed by atoms with van der Waals surface area (Å²) in [5, 5.41) is 23.0. The molecular weight excluding hydrogens is 583 g/mol. The van der Waals surface area contributed by atoms with Crippen molar-refractivity contribution in [3.05, 3.63) is 75.2 Å². The van der Waals surface area contributed by atoms with E-state index in [-0.39, 0.29) is 11.3 Å². The second kappa shape index (κ2) is 12.2. The second-order valence-corrected chi connectivity index (χ2v) is 13.9. The van der Waals surface area contributed by atoms with Gasteiger partial charge >= 0.3 is 0 Å². The molecule has 0 spiro atoms. The number of aromatic nitrogens is 2. The van der Waals surface area contributed by atoms with E-state index in [0.29, 0.717) is 75.7 Å². The first-order valence-corrected chi connectivity index (χ1v) is 15.9. The van der Waals surface area contributed by atoms with E-state index in [0.717, 1.165) is 0 Å². The number of pyridine rings is 2. The molecule has 3 aromatic rings. The number of nitrogens with two attached hydrogens (primary N) is 1. The molecule has 1 atom stereocenters. The minimum atomic E-state index is -2.12. The minimum Gasteiger partial charge on any atom is -0.486 e. The number of nitriles is 1. The predicted octanol–water partition coefficient (Wildman–Crippen LogP) is 4.69. The smallest absolute Gasteiger partial charge is 0.146 e. The van der Waals surface area contributed by atoms with Crippen LogP contribution in [0.4, 0.5) is 11.5 Å². The number of ether oxygens (including phenoxy) is 1. The van der Waals surface area contributed by atoms with Gasteiger partial charge in [0.2, 0.25) is 0 Å². The van der Waals surface area contributed by atoms with Crippen molar-refractivity contribution in [2.75, 3.05) is 49.3 Å². The molecule has 1 aromatic carbocycles. The Morgan fingerprint density at radius 3 is 2.61 bits per heavy atom. The zero-order valence-electron chi connectivity index (χ0n) is 23.2. The third kappa shape index (κ3) is 7.26. The first kappa shape index (κ1) is 30.5. The molecule has 0 aliphatic carbocycles.